The Balaban J connectivity index is 1.90. The highest BCUT2D eigenvalue weighted by molar-refractivity contribution is 6.06. The highest BCUT2D eigenvalue weighted by Crippen LogP contribution is 2.35. The van der Waals surface area contributed by atoms with Crippen molar-refractivity contribution in [2.45, 2.75) is 18.9 Å². The lowest BCUT2D eigenvalue weighted by molar-refractivity contribution is -0.131. The minimum absolute atomic E-state index is 0.0362. The van der Waals surface area contributed by atoms with Gasteiger partial charge in [-0.2, -0.15) is 0 Å². The largest absolute Gasteiger partial charge is 0.342 e. The van der Waals surface area contributed by atoms with E-state index in [-0.39, 0.29) is 24.3 Å². The Labute approximate surface area is 104 Å². The number of anilines is 1. The van der Waals surface area contributed by atoms with E-state index in [1.165, 1.54) is 23.1 Å². The van der Waals surface area contributed by atoms with Crippen LogP contribution in [0.1, 0.15) is 12.8 Å². The second-order valence-electron chi connectivity index (χ2n) is 4.79. The Morgan fingerprint density at radius 3 is 2.72 bits per heavy atom. The molecule has 18 heavy (non-hydrogen) atoms. The van der Waals surface area contributed by atoms with Crippen LogP contribution < -0.4 is 10.2 Å². The van der Waals surface area contributed by atoms with Gasteiger partial charge < -0.3 is 10.2 Å². The van der Waals surface area contributed by atoms with Crippen molar-refractivity contribution in [3.63, 3.8) is 0 Å². The molecule has 94 valence electrons. The van der Waals surface area contributed by atoms with Gasteiger partial charge in [-0.3, -0.25) is 9.59 Å². The Kier molecular flexibility index (Phi) is 2.54. The van der Waals surface area contributed by atoms with Crippen molar-refractivity contribution < 1.29 is 14.0 Å². The molecule has 0 spiro atoms. The van der Waals surface area contributed by atoms with Gasteiger partial charge in [0.05, 0.1) is 0 Å². The number of hydrogen-bond acceptors (Lipinski definition) is 2. The summed E-state index contributed by atoms with van der Waals surface area (Å²) in [7, 11) is 0. The fourth-order valence-electron chi connectivity index (χ4n) is 2.28. The molecule has 1 aliphatic heterocycles. The summed E-state index contributed by atoms with van der Waals surface area (Å²) in [6, 6.07) is 5.34. The quantitative estimate of drug-likeness (QED) is 0.851. The second kappa shape index (κ2) is 4.08. The molecule has 2 amide bonds. The third-order valence-corrected chi connectivity index (χ3v) is 3.36. The summed E-state index contributed by atoms with van der Waals surface area (Å²) in [6.45, 7) is -0.0362. The van der Waals surface area contributed by atoms with Crippen LogP contribution in [0.3, 0.4) is 0 Å². The van der Waals surface area contributed by atoms with Crippen LogP contribution in [0.2, 0.25) is 0 Å². The number of rotatable bonds is 2. The molecule has 0 aromatic heterocycles. The van der Waals surface area contributed by atoms with Crippen molar-refractivity contribution in [3.05, 3.63) is 30.1 Å². The predicted molar refractivity (Wildman–Crippen MR) is 63.4 cm³/mol. The maximum atomic E-state index is 13.2. The number of piperazine rings is 1. The monoisotopic (exact) mass is 248 g/mol. The van der Waals surface area contributed by atoms with E-state index in [4.69, 9.17) is 0 Å². The molecule has 1 aromatic carbocycles. The van der Waals surface area contributed by atoms with Crippen LogP contribution in [-0.2, 0) is 9.59 Å². The minimum atomic E-state index is -0.436. The molecule has 1 N–H and O–H groups in total. The number of carbonyl (C=O) groups is 2. The van der Waals surface area contributed by atoms with Crippen molar-refractivity contribution in [1.82, 2.24) is 5.32 Å². The highest BCUT2D eigenvalue weighted by atomic mass is 19.1. The van der Waals surface area contributed by atoms with Gasteiger partial charge in [-0.05, 0) is 37.0 Å². The van der Waals surface area contributed by atoms with Gasteiger partial charge >= 0.3 is 0 Å². The van der Waals surface area contributed by atoms with Gasteiger partial charge in [0.25, 0.3) is 0 Å². The minimum Gasteiger partial charge on any atom is -0.342 e. The SMILES string of the molecule is O=C1CN(c2cccc(F)c2)C(=O)C(C2CC2)N1. The van der Waals surface area contributed by atoms with E-state index >= 15 is 0 Å². The molecular formula is C13H13FN2O2. The van der Waals surface area contributed by atoms with E-state index in [0.29, 0.717) is 5.69 Å². The van der Waals surface area contributed by atoms with Crippen LogP contribution in [0.5, 0.6) is 0 Å². The van der Waals surface area contributed by atoms with Crippen LogP contribution in [0.25, 0.3) is 0 Å². The number of carbonyl (C=O) groups excluding carboxylic acids is 2. The molecule has 0 bridgehead atoms. The molecule has 3 rings (SSSR count). The Morgan fingerprint density at radius 2 is 2.06 bits per heavy atom. The summed E-state index contributed by atoms with van der Waals surface area (Å²) in [4.78, 5) is 25.2. The summed E-state index contributed by atoms with van der Waals surface area (Å²) in [5.41, 5.74) is 0.445. The summed E-state index contributed by atoms with van der Waals surface area (Å²) in [5.74, 6) is -0.481. The number of amides is 2. The van der Waals surface area contributed by atoms with Gasteiger partial charge in [0.2, 0.25) is 11.8 Å². The average Bonchev–Trinajstić information content (AvgIpc) is 3.16. The van der Waals surface area contributed by atoms with E-state index in [2.05, 4.69) is 5.32 Å². The van der Waals surface area contributed by atoms with E-state index in [0.717, 1.165) is 12.8 Å². The van der Waals surface area contributed by atoms with Crippen molar-refractivity contribution >= 4 is 17.5 Å². The normalized spacial score (nSPS) is 24.1. The Hall–Kier alpha value is -1.91. The lowest BCUT2D eigenvalue weighted by Crippen LogP contribution is -2.59. The zero-order chi connectivity index (χ0) is 12.7. The first-order valence-corrected chi connectivity index (χ1v) is 6.01. The van der Waals surface area contributed by atoms with Crippen LogP contribution in [0, 0.1) is 11.7 Å². The number of nitrogens with one attached hydrogen (secondary N) is 1. The van der Waals surface area contributed by atoms with Gasteiger partial charge in [0.1, 0.15) is 18.4 Å². The van der Waals surface area contributed by atoms with Gasteiger partial charge in [0.15, 0.2) is 0 Å². The van der Waals surface area contributed by atoms with E-state index in [1.54, 1.807) is 6.07 Å². The van der Waals surface area contributed by atoms with E-state index in [9.17, 15) is 14.0 Å². The second-order valence-corrected chi connectivity index (χ2v) is 4.79. The first-order valence-electron chi connectivity index (χ1n) is 6.01. The number of halogens is 1. The maximum Gasteiger partial charge on any atom is 0.250 e. The van der Waals surface area contributed by atoms with Gasteiger partial charge in [-0.1, -0.05) is 6.07 Å². The summed E-state index contributed by atoms with van der Waals surface area (Å²) in [6.07, 6.45) is 1.93. The number of benzene rings is 1. The van der Waals surface area contributed by atoms with Crippen LogP contribution in [0.4, 0.5) is 10.1 Å². The standard InChI is InChI=1S/C13H13FN2O2/c14-9-2-1-3-10(6-9)16-7-11(17)15-12(13(16)18)8-4-5-8/h1-3,6,8,12H,4-5,7H2,(H,15,17). The molecule has 5 heteroatoms. The molecule has 2 fully saturated rings. The van der Waals surface area contributed by atoms with Crippen molar-refractivity contribution in [3.8, 4) is 0 Å². The lowest BCUT2D eigenvalue weighted by atomic mass is 10.1. The smallest absolute Gasteiger partial charge is 0.250 e. The van der Waals surface area contributed by atoms with Crippen LogP contribution in [0.15, 0.2) is 24.3 Å². The van der Waals surface area contributed by atoms with E-state index in [1.807, 2.05) is 0 Å². The number of hydrogen-bond donors (Lipinski definition) is 1. The fraction of sp³-hybridized carbons (Fsp3) is 0.385. The Morgan fingerprint density at radius 1 is 1.28 bits per heavy atom. The molecule has 1 heterocycles. The first kappa shape index (κ1) is 11.2. The van der Waals surface area contributed by atoms with Gasteiger partial charge in [-0.25, -0.2) is 4.39 Å². The van der Waals surface area contributed by atoms with Crippen LogP contribution >= 0.6 is 0 Å². The average molecular weight is 248 g/mol. The maximum absolute atomic E-state index is 13.2. The molecule has 1 aromatic rings. The van der Waals surface area contributed by atoms with E-state index < -0.39 is 11.9 Å². The summed E-state index contributed by atoms with van der Waals surface area (Å²) < 4.78 is 13.2. The van der Waals surface area contributed by atoms with Crippen molar-refractivity contribution in [1.29, 1.82) is 0 Å². The summed E-state index contributed by atoms with van der Waals surface area (Å²) in [5, 5.41) is 2.72. The van der Waals surface area contributed by atoms with Crippen molar-refractivity contribution in [2.75, 3.05) is 11.4 Å². The molecule has 1 saturated heterocycles. The molecule has 0 radical (unpaired) electrons. The third kappa shape index (κ3) is 1.96. The fourth-order valence-corrected chi connectivity index (χ4v) is 2.28. The summed E-state index contributed by atoms with van der Waals surface area (Å²) >= 11 is 0. The van der Waals surface area contributed by atoms with Crippen LogP contribution in [-0.4, -0.2) is 24.4 Å². The number of nitrogens with zero attached hydrogens (tertiary/aromatic N) is 1. The molecule has 1 aliphatic carbocycles. The zero-order valence-electron chi connectivity index (χ0n) is 9.73. The van der Waals surface area contributed by atoms with Gasteiger partial charge in [0, 0.05) is 5.69 Å². The molecule has 4 nitrogen and oxygen atoms in total. The first-order chi connectivity index (χ1) is 8.65. The molecule has 1 unspecified atom stereocenters. The topological polar surface area (TPSA) is 49.4 Å². The predicted octanol–water partition coefficient (Wildman–Crippen LogP) is 1.07. The molecular weight excluding hydrogens is 235 g/mol. The molecule has 1 saturated carbocycles. The highest BCUT2D eigenvalue weighted by Gasteiger charge is 2.43. The van der Waals surface area contributed by atoms with Crippen molar-refractivity contribution in [2.24, 2.45) is 5.92 Å². The molecule has 1 atom stereocenters. The molecule has 2 aliphatic rings. The third-order valence-electron chi connectivity index (χ3n) is 3.36. The zero-order valence-corrected chi connectivity index (χ0v) is 9.73. The van der Waals surface area contributed by atoms with Gasteiger partial charge in [-0.15, -0.1) is 0 Å². The Bertz CT molecular complexity index is 513. The lowest BCUT2D eigenvalue weighted by Gasteiger charge is -2.32.